The molecule has 0 saturated carbocycles. The van der Waals surface area contributed by atoms with Gasteiger partial charge in [0.2, 0.25) is 5.91 Å². The third-order valence-electron chi connectivity index (χ3n) is 5.41. The Kier molecular flexibility index (Phi) is 6.46. The Morgan fingerprint density at radius 3 is 2.77 bits per heavy atom. The first-order chi connectivity index (χ1) is 15.1. The molecule has 1 saturated heterocycles. The number of ether oxygens (including phenoxy) is 2. The first-order valence-corrected chi connectivity index (χ1v) is 11.0. The summed E-state index contributed by atoms with van der Waals surface area (Å²) in [6.07, 6.45) is 3.52. The first-order valence-electron chi connectivity index (χ1n) is 10.0. The van der Waals surface area contributed by atoms with Crippen LogP contribution in [0.5, 0.6) is 11.5 Å². The van der Waals surface area contributed by atoms with E-state index in [2.05, 4.69) is 9.97 Å². The van der Waals surface area contributed by atoms with Crippen LogP contribution in [0.15, 0.2) is 53.8 Å². The zero-order valence-corrected chi connectivity index (χ0v) is 18.2. The van der Waals surface area contributed by atoms with Gasteiger partial charge in [0.15, 0.2) is 5.16 Å². The number of thioether (sulfide) groups is 1. The van der Waals surface area contributed by atoms with Gasteiger partial charge in [-0.2, -0.15) is 0 Å². The van der Waals surface area contributed by atoms with Gasteiger partial charge in [-0.3, -0.25) is 4.79 Å². The largest absolute Gasteiger partial charge is 0.497 e. The molecule has 2 heterocycles. The standard InChI is InChI=1S/C23H24FN3O3S/c1-29-17-9-10-21(30-2)18(12-17)20-4-3-11-27(20)22(28)14-31-23-25-13-19(26-23)15-5-7-16(24)8-6-15/h5-10,12-13,20H,3-4,11,14H2,1-2H3,(H,25,26). The Morgan fingerprint density at radius 2 is 2.03 bits per heavy atom. The minimum atomic E-state index is -0.281. The quantitative estimate of drug-likeness (QED) is 0.539. The van der Waals surface area contributed by atoms with E-state index in [1.54, 1.807) is 32.5 Å². The Hall–Kier alpha value is -3.00. The molecule has 0 bridgehead atoms. The van der Waals surface area contributed by atoms with Crippen LogP contribution in [-0.2, 0) is 4.79 Å². The van der Waals surface area contributed by atoms with Gasteiger partial charge in [-0.25, -0.2) is 9.37 Å². The summed E-state index contributed by atoms with van der Waals surface area (Å²) >= 11 is 1.36. The average Bonchev–Trinajstić information content (AvgIpc) is 3.47. The van der Waals surface area contributed by atoms with Crippen molar-refractivity contribution >= 4 is 17.7 Å². The number of likely N-dealkylation sites (tertiary alicyclic amines) is 1. The van der Waals surface area contributed by atoms with Crippen molar-refractivity contribution in [2.75, 3.05) is 26.5 Å². The highest BCUT2D eigenvalue weighted by molar-refractivity contribution is 7.99. The topological polar surface area (TPSA) is 67.5 Å². The number of hydrogen-bond donors (Lipinski definition) is 1. The Balaban J connectivity index is 1.43. The molecule has 1 atom stereocenters. The molecule has 1 amide bonds. The van der Waals surface area contributed by atoms with Gasteiger partial charge < -0.3 is 19.4 Å². The lowest BCUT2D eigenvalue weighted by atomic mass is 10.0. The Morgan fingerprint density at radius 1 is 1.23 bits per heavy atom. The molecular formula is C23H24FN3O3S. The molecule has 0 aliphatic carbocycles. The lowest BCUT2D eigenvalue weighted by Gasteiger charge is -2.26. The van der Waals surface area contributed by atoms with Crippen LogP contribution in [0.4, 0.5) is 4.39 Å². The van der Waals surface area contributed by atoms with Gasteiger partial charge in [0, 0.05) is 12.1 Å². The molecule has 6 nitrogen and oxygen atoms in total. The second-order valence-corrected chi connectivity index (χ2v) is 8.21. The summed E-state index contributed by atoms with van der Waals surface area (Å²) in [4.78, 5) is 22.5. The third kappa shape index (κ3) is 4.69. The number of H-pyrrole nitrogens is 1. The predicted octanol–water partition coefficient (Wildman–Crippen LogP) is 4.69. The summed E-state index contributed by atoms with van der Waals surface area (Å²) < 4.78 is 24.0. The van der Waals surface area contributed by atoms with E-state index in [0.717, 1.165) is 41.2 Å². The number of hydrogen-bond acceptors (Lipinski definition) is 5. The number of amides is 1. The van der Waals surface area contributed by atoms with Crippen LogP contribution in [0, 0.1) is 5.82 Å². The summed E-state index contributed by atoms with van der Waals surface area (Å²) in [7, 11) is 3.27. The maximum atomic E-state index is 13.1. The van der Waals surface area contributed by atoms with Gasteiger partial charge in [-0.15, -0.1) is 0 Å². The van der Waals surface area contributed by atoms with Gasteiger partial charge in [-0.1, -0.05) is 11.8 Å². The summed E-state index contributed by atoms with van der Waals surface area (Å²) in [5, 5.41) is 0.655. The van der Waals surface area contributed by atoms with Crippen LogP contribution in [0.3, 0.4) is 0 Å². The highest BCUT2D eigenvalue weighted by atomic mass is 32.2. The summed E-state index contributed by atoms with van der Waals surface area (Å²) in [6.45, 7) is 0.712. The highest BCUT2D eigenvalue weighted by Crippen LogP contribution is 2.39. The second-order valence-electron chi connectivity index (χ2n) is 7.25. The molecule has 1 fully saturated rings. The van der Waals surface area contributed by atoms with E-state index in [-0.39, 0.29) is 23.5 Å². The van der Waals surface area contributed by atoms with E-state index >= 15 is 0 Å². The van der Waals surface area contributed by atoms with Crippen molar-refractivity contribution in [2.24, 2.45) is 0 Å². The van der Waals surface area contributed by atoms with Crippen LogP contribution in [0.25, 0.3) is 11.3 Å². The SMILES string of the molecule is COc1ccc(OC)c(C2CCCN2C(=O)CSc2ncc(-c3ccc(F)cc3)[nH]2)c1. The number of rotatable bonds is 7. The number of methoxy groups -OCH3 is 2. The number of nitrogens with one attached hydrogen (secondary N) is 1. The van der Waals surface area contributed by atoms with Crippen molar-refractivity contribution < 1.29 is 18.7 Å². The lowest BCUT2D eigenvalue weighted by Crippen LogP contribution is -2.32. The molecule has 31 heavy (non-hydrogen) atoms. The van der Waals surface area contributed by atoms with Crippen molar-refractivity contribution in [3.8, 4) is 22.8 Å². The van der Waals surface area contributed by atoms with E-state index in [1.807, 2.05) is 23.1 Å². The van der Waals surface area contributed by atoms with E-state index in [4.69, 9.17) is 9.47 Å². The fourth-order valence-electron chi connectivity index (χ4n) is 3.85. The van der Waals surface area contributed by atoms with Crippen LogP contribution in [0.2, 0.25) is 0 Å². The number of aromatic amines is 1. The van der Waals surface area contributed by atoms with E-state index in [1.165, 1.54) is 23.9 Å². The molecule has 162 valence electrons. The lowest BCUT2D eigenvalue weighted by molar-refractivity contribution is -0.129. The number of halogens is 1. The number of aromatic nitrogens is 2. The molecule has 8 heteroatoms. The van der Waals surface area contributed by atoms with Gasteiger partial charge >= 0.3 is 0 Å². The maximum Gasteiger partial charge on any atom is 0.233 e. The molecule has 4 rings (SSSR count). The fraction of sp³-hybridized carbons (Fsp3) is 0.304. The van der Waals surface area contributed by atoms with Crippen molar-refractivity contribution in [3.63, 3.8) is 0 Å². The van der Waals surface area contributed by atoms with Gasteiger partial charge in [0.1, 0.15) is 17.3 Å². The van der Waals surface area contributed by atoms with E-state index in [9.17, 15) is 9.18 Å². The zero-order chi connectivity index (χ0) is 21.8. The van der Waals surface area contributed by atoms with E-state index in [0.29, 0.717) is 11.7 Å². The summed E-state index contributed by atoms with van der Waals surface area (Å²) in [6, 6.07) is 11.9. The van der Waals surface area contributed by atoms with Gasteiger partial charge in [0.05, 0.1) is 37.9 Å². The average molecular weight is 442 g/mol. The molecule has 1 aliphatic heterocycles. The van der Waals surface area contributed by atoms with Crippen LogP contribution >= 0.6 is 11.8 Å². The Bertz CT molecular complexity index is 1050. The first kappa shape index (κ1) is 21.2. The summed E-state index contributed by atoms with van der Waals surface area (Å²) in [5.41, 5.74) is 2.60. The smallest absolute Gasteiger partial charge is 0.233 e. The third-order valence-corrected chi connectivity index (χ3v) is 6.28. The normalized spacial score (nSPS) is 15.8. The van der Waals surface area contributed by atoms with Crippen molar-refractivity contribution in [3.05, 3.63) is 60.0 Å². The number of benzene rings is 2. The predicted molar refractivity (Wildman–Crippen MR) is 118 cm³/mol. The molecule has 1 unspecified atom stereocenters. The van der Waals surface area contributed by atoms with Gasteiger partial charge in [-0.05, 0) is 60.9 Å². The fourth-order valence-corrected chi connectivity index (χ4v) is 4.59. The monoisotopic (exact) mass is 441 g/mol. The number of imidazole rings is 1. The zero-order valence-electron chi connectivity index (χ0n) is 17.4. The van der Waals surface area contributed by atoms with E-state index < -0.39 is 0 Å². The highest BCUT2D eigenvalue weighted by Gasteiger charge is 2.32. The maximum absolute atomic E-state index is 13.1. The second kappa shape index (κ2) is 9.43. The van der Waals surface area contributed by atoms with Crippen molar-refractivity contribution in [1.82, 2.24) is 14.9 Å². The Labute approximate surface area is 184 Å². The number of carbonyl (C=O) groups is 1. The van der Waals surface area contributed by atoms with Crippen molar-refractivity contribution in [1.29, 1.82) is 0 Å². The molecule has 2 aromatic carbocycles. The van der Waals surface area contributed by atoms with Gasteiger partial charge in [0.25, 0.3) is 0 Å². The minimum Gasteiger partial charge on any atom is -0.497 e. The molecular weight excluding hydrogens is 417 g/mol. The van der Waals surface area contributed by atoms with Crippen LogP contribution in [0.1, 0.15) is 24.4 Å². The molecule has 1 N–H and O–H groups in total. The van der Waals surface area contributed by atoms with Crippen LogP contribution in [-0.4, -0.2) is 47.3 Å². The van der Waals surface area contributed by atoms with Crippen molar-refractivity contribution in [2.45, 2.75) is 24.0 Å². The molecule has 0 spiro atoms. The molecule has 3 aromatic rings. The minimum absolute atomic E-state index is 0.0375. The molecule has 1 aromatic heterocycles. The summed E-state index contributed by atoms with van der Waals surface area (Å²) in [5.74, 6) is 1.55. The molecule has 1 aliphatic rings. The number of carbonyl (C=O) groups excluding carboxylic acids is 1. The van der Waals surface area contributed by atoms with Crippen LogP contribution < -0.4 is 9.47 Å². The molecule has 0 radical (unpaired) electrons. The number of nitrogens with zero attached hydrogens (tertiary/aromatic N) is 2.